The molecule has 23 heavy (non-hydrogen) atoms. The maximum absolute atomic E-state index is 11.5. The first-order valence-electron chi connectivity index (χ1n) is 7.16. The Kier molecular flexibility index (Phi) is 7.08. The molecule has 2 amide bonds. The van der Waals surface area contributed by atoms with Crippen molar-refractivity contribution < 1.29 is 19.1 Å². The van der Waals surface area contributed by atoms with Crippen molar-refractivity contribution in [3.8, 4) is 5.75 Å². The minimum Gasteiger partial charge on any atom is -0.483 e. The number of ether oxygens (including phenoxy) is 2. The largest absolute Gasteiger partial charge is 0.483 e. The van der Waals surface area contributed by atoms with E-state index in [-0.39, 0.29) is 6.61 Å². The molecule has 7 nitrogen and oxygen atoms in total. The number of alkyl carbamates (subject to hydrolysis) is 1. The summed E-state index contributed by atoms with van der Waals surface area (Å²) < 4.78 is 10.5. The van der Waals surface area contributed by atoms with Crippen LogP contribution in [-0.2, 0) is 9.53 Å². The molecule has 0 fully saturated rings. The molecule has 1 aromatic rings. The molecule has 0 saturated heterocycles. The number of hydrogen-bond acceptors (Lipinski definition) is 5. The molecule has 0 aliphatic carbocycles. The predicted molar refractivity (Wildman–Crippen MR) is 87.5 cm³/mol. The van der Waals surface area contributed by atoms with E-state index in [1.54, 1.807) is 45.1 Å². The van der Waals surface area contributed by atoms with Gasteiger partial charge in [-0.25, -0.2) is 10.6 Å². The summed E-state index contributed by atoms with van der Waals surface area (Å²) in [4.78, 5) is 22.6. The van der Waals surface area contributed by atoms with Gasteiger partial charge in [0.05, 0.1) is 0 Å². The lowest BCUT2D eigenvalue weighted by Crippen LogP contribution is -2.34. The molecule has 0 bridgehead atoms. The quantitative estimate of drug-likeness (QED) is 0.419. The van der Waals surface area contributed by atoms with Crippen molar-refractivity contribution in [1.82, 2.24) is 10.7 Å². The number of benzene rings is 1. The summed E-state index contributed by atoms with van der Waals surface area (Å²) in [6.07, 6.45) is 3.06. The standard InChI is InChI=1S/C16H23N3O4/c1-16(2,3)23-15(21)18-10-6-8-12-7-4-5-9-13(12)22-11-14(20)19-17/h4-9H,10-11,17H2,1-3H3,(H,18,21)(H,19,20). The summed E-state index contributed by atoms with van der Waals surface area (Å²) in [6.45, 7) is 5.54. The van der Waals surface area contributed by atoms with E-state index in [2.05, 4.69) is 5.32 Å². The Labute approximate surface area is 135 Å². The maximum Gasteiger partial charge on any atom is 0.407 e. The first kappa shape index (κ1) is 18.5. The molecule has 0 aliphatic rings. The van der Waals surface area contributed by atoms with Gasteiger partial charge in [-0.05, 0) is 26.8 Å². The van der Waals surface area contributed by atoms with Gasteiger partial charge in [0.15, 0.2) is 6.61 Å². The number of hydrogen-bond donors (Lipinski definition) is 3. The van der Waals surface area contributed by atoms with Crippen molar-refractivity contribution in [3.63, 3.8) is 0 Å². The van der Waals surface area contributed by atoms with Gasteiger partial charge in [0.25, 0.3) is 5.91 Å². The summed E-state index contributed by atoms with van der Waals surface area (Å²) in [5.41, 5.74) is 2.25. The van der Waals surface area contributed by atoms with E-state index in [0.717, 1.165) is 5.56 Å². The highest BCUT2D eigenvalue weighted by molar-refractivity contribution is 5.77. The van der Waals surface area contributed by atoms with Crippen LogP contribution in [0.25, 0.3) is 6.08 Å². The summed E-state index contributed by atoms with van der Waals surface area (Å²) in [6, 6.07) is 7.22. The van der Waals surface area contributed by atoms with Crippen molar-refractivity contribution >= 4 is 18.1 Å². The van der Waals surface area contributed by atoms with E-state index in [1.807, 2.05) is 17.6 Å². The maximum atomic E-state index is 11.5. The molecule has 0 atom stereocenters. The third-order valence-electron chi connectivity index (χ3n) is 2.50. The van der Waals surface area contributed by atoms with Crippen LogP contribution in [0.4, 0.5) is 4.79 Å². The number of rotatable bonds is 6. The summed E-state index contributed by atoms with van der Waals surface area (Å²) in [5, 5.41) is 2.62. The van der Waals surface area contributed by atoms with E-state index in [0.29, 0.717) is 12.3 Å². The Balaban J connectivity index is 2.53. The first-order valence-corrected chi connectivity index (χ1v) is 7.16. The minimum atomic E-state index is -0.530. The molecule has 126 valence electrons. The molecular formula is C16H23N3O4. The van der Waals surface area contributed by atoms with Crippen LogP contribution in [0.2, 0.25) is 0 Å². The van der Waals surface area contributed by atoms with Crippen LogP contribution in [0.1, 0.15) is 26.3 Å². The monoisotopic (exact) mass is 321 g/mol. The third-order valence-corrected chi connectivity index (χ3v) is 2.50. The second-order valence-electron chi connectivity index (χ2n) is 5.68. The molecule has 1 aromatic carbocycles. The zero-order valence-electron chi connectivity index (χ0n) is 13.6. The fraction of sp³-hybridized carbons (Fsp3) is 0.375. The van der Waals surface area contributed by atoms with E-state index in [1.165, 1.54) is 0 Å². The Morgan fingerprint density at radius 1 is 1.26 bits per heavy atom. The molecule has 0 unspecified atom stereocenters. The second-order valence-corrected chi connectivity index (χ2v) is 5.68. The summed E-state index contributed by atoms with van der Waals surface area (Å²) in [7, 11) is 0. The van der Waals surface area contributed by atoms with E-state index < -0.39 is 17.6 Å². The van der Waals surface area contributed by atoms with E-state index in [4.69, 9.17) is 15.3 Å². The highest BCUT2D eigenvalue weighted by Crippen LogP contribution is 2.19. The van der Waals surface area contributed by atoms with Gasteiger partial charge in [-0.3, -0.25) is 10.2 Å². The molecule has 0 saturated carbocycles. The number of para-hydroxylation sites is 1. The molecule has 7 heteroatoms. The highest BCUT2D eigenvalue weighted by atomic mass is 16.6. The fourth-order valence-electron chi connectivity index (χ4n) is 1.58. The third kappa shape index (κ3) is 7.87. The van der Waals surface area contributed by atoms with Crippen LogP contribution < -0.4 is 21.3 Å². The zero-order valence-corrected chi connectivity index (χ0v) is 13.6. The molecule has 0 aromatic heterocycles. The van der Waals surface area contributed by atoms with Crippen molar-refractivity contribution in [2.45, 2.75) is 26.4 Å². The Morgan fingerprint density at radius 2 is 1.96 bits per heavy atom. The fourth-order valence-corrected chi connectivity index (χ4v) is 1.58. The van der Waals surface area contributed by atoms with Crippen LogP contribution in [0.3, 0.4) is 0 Å². The highest BCUT2D eigenvalue weighted by Gasteiger charge is 2.15. The van der Waals surface area contributed by atoms with Crippen LogP contribution in [0.15, 0.2) is 30.3 Å². The van der Waals surface area contributed by atoms with Crippen molar-refractivity contribution in [1.29, 1.82) is 0 Å². The lowest BCUT2D eigenvalue weighted by atomic mass is 10.2. The molecule has 0 radical (unpaired) electrons. The topological polar surface area (TPSA) is 103 Å². The number of carbonyl (C=O) groups excluding carboxylic acids is 2. The smallest absolute Gasteiger partial charge is 0.407 e. The van der Waals surface area contributed by atoms with Gasteiger partial charge in [0.1, 0.15) is 11.4 Å². The number of nitrogens with one attached hydrogen (secondary N) is 2. The lowest BCUT2D eigenvalue weighted by molar-refractivity contribution is -0.123. The average Bonchev–Trinajstić information content (AvgIpc) is 2.48. The van der Waals surface area contributed by atoms with E-state index in [9.17, 15) is 9.59 Å². The van der Waals surface area contributed by atoms with Crippen molar-refractivity contribution in [2.24, 2.45) is 5.84 Å². The number of nitrogens with two attached hydrogens (primary N) is 1. The predicted octanol–water partition coefficient (Wildman–Crippen LogP) is 1.59. The normalized spacial score (nSPS) is 11.1. The van der Waals surface area contributed by atoms with Gasteiger partial charge < -0.3 is 14.8 Å². The van der Waals surface area contributed by atoms with Gasteiger partial charge in [-0.2, -0.15) is 0 Å². The Hall–Kier alpha value is -2.54. The molecule has 0 heterocycles. The Bertz CT molecular complexity index is 565. The van der Waals surface area contributed by atoms with Gasteiger partial charge >= 0.3 is 6.09 Å². The van der Waals surface area contributed by atoms with Crippen molar-refractivity contribution in [2.75, 3.05) is 13.2 Å². The molecule has 4 N–H and O–H groups in total. The van der Waals surface area contributed by atoms with Gasteiger partial charge in [0.2, 0.25) is 0 Å². The number of carbonyl (C=O) groups is 2. The van der Waals surface area contributed by atoms with Gasteiger partial charge in [-0.15, -0.1) is 0 Å². The average molecular weight is 321 g/mol. The van der Waals surface area contributed by atoms with Crippen LogP contribution >= 0.6 is 0 Å². The lowest BCUT2D eigenvalue weighted by Gasteiger charge is -2.19. The molecular weight excluding hydrogens is 298 g/mol. The van der Waals surface area contributed by atoms with Crippen LogP contribution in [0, 0.1) is 0 Å². The summed E-state index contributed by atoms with van der Waals surface area (Å²) in [5.74, 6) is 5.12. The van der Waals surface area contributed by atoms with E-state index >= 15 is 0 Å². The second kappa shape index (κ2) is 8.79. The van der Waals surface area contributed by atoms with Gasteiger partial charge in [0, 0.05) is 12.1 Å². The summed E-state index contributed by atoms with van der Waals surface area (Å²) >= 11 is 0. The Morgan fingerprint density at radius 3 is 2.61 bits per heavy atom. The molecule has 1 rings (SSSR count). The molecule has 0 aliphatic heterocycles. The number of amides is 2. The zero-order chi connectivity index (χ0) is 17.3. The SMILES string of the molecule is CC(C)(C)OC(=O)NCC=Cc1ccccc1OCC(=O)NN. The first-order chi connectivity index (χ1) is 10.8. The van der Waals surface area contributed by atoms with Crippen LogP contribution in [0.5, 0.6) is 5.75 Å². The van der Waals surface area contributed by atoms with Gasteiger partial charge in [-0.1, -0.05) is 30.4 Å². The van der Waals surface area contributed by atoms with Crippen molar-refractivity contribution in [3.05, 3.63) is 35.9 Å². The minimum absolute atomic E-state index is 0.169. The van der Waals surface area contributed by atoms with Crippen LogP contribution in [-0.4, -0.2) is 30.8 Å². The molecule has 0 spiro atoms. The number of hydrazine groups is 1.